The number of aromatic nitrogens is 2. The Morgan fingerprint density at radius 3 is 2.75 bits per heavy atom. The Morgan fingerprint density at radius 1 is 1.25 bits per heavy atom. The lowest BCUT2D eigenvalue weighted by molar-refractivity contribution is -0.120. The van der Waals surface area contributed by atoms with Gasteiger partial charge in [0.25, 0.3) is 5.56 Å². The molecule has 0 spiro atoms. The van der Waals surface area contributed by atoms with Gasteiger partial charge in [-0.15, -0.1) is 5.10 Å². The molecule has 1 atom stereocenters. The van der Waals surface area contributed by atoms with Gasteiger partial charge in [-0.25, -0.2) is 0 Å². The lowest BCUT2D eigenvalue weighted by Gasteiger charge is -2.22. The number of hydrogen-bond donors (Lipinski definition) is 0. The van der Waals surface area contributed by atoms with E-state index in [0.29, 0.717) is 27.0 Å². The van der Waals surface area contributed by atoms with Crippen molar-refractivity contribution in [1.29, 1.82) is 0 Å². The number of aryl methyl sites for hydroxylation is 1. The van der Waals surface area contributed by atoms with Gasteiger partial charge in [0.05, 0.1) is 11.1 Å². The van der Waals surface area contributed by atoms with Crippen molar-refractivity contribution in [3.63, 3.8) is 0 Å². The van der Waals surface area contributed by atoms with Gasteiger partial charge in [0.2, 0.25) is 5.13 Å². The summed E-state index contributed by atoms with van der Waals surface area (Å²) in [5.41, 5.74) is 1.33. The highest BCUT2D eigenvalue weighted by Crippen LogP contribution is 2.35. The fourth-order valence-corrected chi connectivity index (χ4v) is 5.19. The number of ketones is 1. The summed E-state index contributed by atoms with van der Waals surface area (Å²) in [6.45, 7) is 2.46. The van der Waals surface area contributed by atoms with Crippen molar-refractivity contribution in [3.05, 3.63) is 61.9 Å². The molecule has 4 rings (SSSR count). The molecule has 3 aromatic rings. The molecular weight excluding hydrogens is 417 g/mol. The van der Waals surface area contributed by atoms with E-state index in [2.05, 4.69) is 5.10 Å². The molecule has 0 aliphatic carbocycles. The second-order valence-corrected chi connectivity index (χ2v) is 8.67. The van der Waals surface area contributed by atoms with E-state index in [-0.39, 0.29) is 22.4 Å². The fourth-order valence-electron chi connectivity index (χ4n) is 3.59. The number of Topliss-reactive ketones (excluding diaryl/α,β-unsaturated/α-hetero) is 1. The number of benzene rings is 1. The van der Waals surface area contributed by atoms with Gasteiger partial charge in [-0.2, -0.15) is 4.52 Å². The summed E-state index contributed by atoms with van der Waals surface area (Å²) >= 11 is 13.8. The van der Waals surface area contributed by atoms with Crippen LogP contribution in [0.5, 0.6) is 0 Å². The highest BCUT2D eigenvalue weighted by molar-refractivity contribution is 7.21. The van der Waals surface area contributed by atoms with E-state index in [4.69, 9.17) is 23.2 Å². The zero-order chi connectivity index (χ0) is 19.8. The van der Waals surface area contributed by atoms with Crippen molar-refractivity contribution in [1.82, 2.24) is 9.61 Å². The minimum atomic E-state index is -0.382. The predicted octanol–water partition coefficient (Wildman–Crippen LogP) is 4.54. The Bertz CT molecular complexity index is 1090. The van der Waals surface area contributed by atoms with E-state index >= 15 is 0 Å². The second-order valence-electron chi connectivity index (χ2n) is 6.96. The number of nitrogens with zero attached hydrogens (tertiary/aromatic N) is 3. The fraction of sp³-hybridized carbons (Fsp3) is 0.350. The van der Waals surface area contributed by atoms with Crippen LogP contribution in [0.25, 0.3) is 4.83 Å². The molecule has 5 nitrogen and oxygen atoms in total. The monoisotopic (exact) mass is 435 g/mol. The summed E-state index contributed by atoms with van der Waals surface area (Å²) < 4.78 is 1.25. The van der Waals surface area contributed by atoms with E-state index < -0.39 is 0 Å². The Labute approximate surface area is 176 Å². The molecule has 0 radical (unpaired) electrons. The normalized spacial score (nSPS) is 16.8. The van der Waals surface area contributed by atoms with Crippen molar-refractivity contribution in [2.75, 3.05) is 11.4 Å². The van der Waals surface area contributed by atoms with Gasteiger partial charge in [0.1, 0.15) is 9.85 Å². The van der Waals surface area contributed by atoms with E-state index in [1.165, 1.54) is 15.9 Å². The second kappa shape index (κ2) is 7.85. The molecule has 146 valence electrons. The molecule has 28 heavy (non-hydrogen) atoms. The molecular formula is C20H19Cl2N3O2S. The van der Waals surface area contributed by atoms with Gasteiger partial charge >= 0.3 is 0 Å². The lowest BCUT2D eigenvalue weighted by Crippen LogP contribution is -2.36. The molecule has 8 heteroatoms. The predicted molar refractivity (Wildman–Crippen MR) is 114 cm³/mol. The Kier molecular flexibility index (Phi) is 5.45. The maximum atomic E-state index is 12.9. The number of carbonyl (C=O) groups is 1. The van der Waals surface area contributed by atoms with Crippen molar-refractivity contribution in [2.45, 2.75) is 38.6 Å². The van der Waals surface area contributed by atoms with Crippen LogP contribution in [-0.4, -0.2) is 28.0 Å². The topological polar surface area (TPSA) is 54.7 Å². The Balaban J connectivity index is 1.60. The first-order chi connectivity index (χ1) is 13.5. The number of anilines is 1. The highest BCUT2D eigenvalue weighted by atomic mass is 35.5. The lowest BCUT2D eigenvalue weighted by atomic mass is 10.0. The molecule has 3 heterocycles. The molecule has 0 unspecified atom stereocenters. The van der Waals surface area contributed by atoms with Crippen molar-refractivity contribution in [3.8, 4) is 0 Å². The molecule has 0 saturated carbocycles. The Hall–Kier alpha value is -1.89. The number of halogens is 2. The number of rotatable bonds is 5. The van der Waals surface area contributed by atoms with Crippen LogP contribution in [0.2, 0.25) is 10.0 Å². The van der Waals surface area contributed by atoms with Crippen molar-refractivity contribution >= 4 is 50.3 Å². The summed E-state index contributed by atoms with van der Waals surface area (Å²) in [5, 5.41) is 5.58. The van der Waals surface area contributed by atoms with E-state index in [1.54, 1.807) is 6.92 Å². The molecule has 1 aliphatic heterocycles. The van der Waals surface area contributed by atoms with Gasteiger partial charge in [-0.05, 0) is 37.3 Å². The zero-order valence-corrected chi connectivity index (χ0v) is 17.7. The smallest absolute Gasteiger partial charge is 0.291 e. The van der Waals surface area contributed by atoms with Gasteiger partial charge in [0.15, 0.2) is 5.78 Å². The van der Waals surface area contributed by atoms with Crippen LogP contribution in [0.1, 0.15) is 30.4 Å². The summed E-state index contributed by atoms with van der Waals surface area (Å²) in [5.74, 6) is 0.202. The third kappa shape index (κ3) is 3.45. The molecule has 1 saturated heterocycles. The first kappa shape index (κ1) is 19.4. The largest absolute Gasteiger partial charge is 0.337 e. The molecule has 0 amide bonds. The van der Waals surface area contributed by atoms with Crippen LogP contribution in [0.4, 0.5) is 5.13 Å². The summed E-state index contributed by atoms with van der Waals surface area (Å²) in [7, 11) is 0. The van der Waals surface area contributed by atoms with Crippen LogP contribution >= 0.6 is 34.5 Å². The molecule has 1 aliphatic rings. The quantitative estimate of drug-likeness (QED) is 0.589. The standard InChI is InChI=1S/C20H19Cl2N3O2S/c1-12-16(21)18(27)25-19(17(12)22)28-20(23-25)24-11-5-8-14(24)15(26)10-9-13-6-3-2-4-7-13/h2-4,6-7,14H,5,8-11H2,1H3/t14-/m1/s1. The van der Waals surface area contributed by atoms with Crippen LogP contribution in [0.15, 0.2) is 35.1 Å². The third-order valence-electron chi connectivity index (χ3n) is 5.17. The zero-order valence-electron chi connectivity index (χ0n) is 15.3. The summed E-state index contributed by atoms with van der Waals surface area (Å²) in [6.07, 6.45) is 2.93. The van der Waals surface area contributed by atoms with E-state index in [9.17, 15) is 9.59 Å². The molecule has 0 N–H and O–H groups in total. The molecule has 1 aromatic carbocycles. The SMILES string of the molecule is Cc1c(Cl)c(=O)n2nc(N3CCC[C@@H]3C(=O)CCc3ccccc3)sc2c1Cl. The maximum Gasteiger partial charge on any atom is 0.291 e. The average Bonchev–Trinajstić information content (AvgIpc) is 3.37. The number of pyridine rings is 1. The van der Waals surface area contributed by atoms with Gasteiger partial charge in [0, 0.05) is 13.0 Å². The molecule has 2 aromatic heterocycles. The maximum absolute atomic E-state index is 12.9. The number of carbonyl (C=O) groups excluding carboxylic acids is 1. The van der Waals surface area contributed by atoms with Crippen molar-refractivity contribution in [2.24, 2.45) is 0 Å². The third-order valence-corrected chi connectivity index (χ3v) is 7.25. The highest BCUT2D eigenvalue weighted by Gasteiger charge is 2.33. The van der Waals surface area contributed by atoms with Gasteiger partial charge < -0.3 is 4.90 Å². The molecule has 0 bridgehead atoms. The van der Waals surface area contributed by atoms with Gasteiger partial charge in [-0.1, -0.05) is 64.9 Å². The van der Waals surface area contributed by atoms with Crippen LogP contribution in [-0.2, 0) is 11.2 Å². The minimum absolute atomic E-state index is 0.0799. The van der Waals surface area contributed by atoms with E-state index in [1.807, 2.05) is 35.2 Å². The minimum Gasteiger partial charge on any atom is -0.337 e. The van der Waals surface area contributed by atoms with Crippen molar-refractivity contribution < 1.29 is 4.79 Å². The van der Waals surface area contributed by atoms with E-state index in [0.717, 1.165) is 31.4 Å². The summed E-state index contributed by atoms with van der Waals surface area (Å²) in [6, 6.07) is 9.80. The molecule has 1 fully saturated rings. The van der Waals surface area contributed by atoms with Crippen LogP contribution in [0, 0.1) is 6.92 Å². The number of hydrogen-bond acceptors (Lipinski definition) is 5. The first-order valence-corrected chi connectivity index (χ1v) is 10.8. The summed E-state index contributed by atoms with van der Waals surface area (Å²) in [4.78, 5) is 27.9. The van der Waals surface area contributed by atoms with Crippen LogP contribution < -0.4 is 10.5 Å². The van der Waals surface area contributed by atoms with Gasteiger partial charge in [-0.3, -0.25) is 9.59 Å². The Morgan fingerprint density at radius 2 is 2.00 bits per heavy atom. The van der Waals surface area contributed by atoms with Crippen LogP contribution in [0.3, 0.4) is 0 Å². The average molecular weight is 436 g/mol. The first-order valence-electron chi connectivity index (χ1n) is 9.18. The number of fused-ring (bicyclic) bond motifs is 1.